The van der Waals surface area contributed by atoms with Crippen molar-refractivity contribution in [2.45, 2.75) is 0 Å². The van der Waals surface area contributed by atoms with Gasteiger partial charge >= 0.3 is 0 Å². The van der Waals surface area contributed by atoms with E-state index in [9.17, 15) is 0 Å². The fourth-order valence-corrected chi connectivity index (χ4v) is 1.40. The molecule has 0 bridgehead atoms. The monoisotopic (exact) mass is 208 g/mol. The lowest BCUT2D eigenvalue weighted by Crippen LogP contribution is -1.99. The number of nitriles is 1. The third kappa shape index (κ3) is 1.80. The van der Waals surface area contributed by atoms with Crippen LogP contribution in [0.2, 0.25) is 0 Å². The second-order valence-electron chi connectivity index (χ2n) is 3.14. The molecule has 0 saturated heterocycles. The maximum Gasteiger partial charge on any atom is 0.233 e. The van der Waals surface area contributed by atoms with E-state index in [-0.39, 0.29) is 6.61 Å². The van der Waals surface area contributed by atoms with E-state index in [0.29, 0.717) is 11.4 Å². The first-order valence-corrected chi connectivity index (χ1v) is 4.71. The molecular formula is C13H8N2O. The maximum absolute atomic E-state index is 8.96. The Hall–Kier alpha value is -2.52. The normalized spacial score (nSPS) is 9.38. The van der Waals surface area contributed by atoms with E-state index in [1.807, 2.05) is 30.3 Å². The number of pyridine rings is 1. The Kier molecular flexibility index (Phi) is 2.71. The number of fused-ring (bicyclic) bond motifs is 1. The van der Waals surface area contributed by atoms with E-state index in [4.69, 9.17) is 16.4 Å². The summed E-state index contributed by atoms with van der Waals surface area (Å²) in [6, 6.07) is 11.3. The summed E-state index contributed by atoms with van der Waals surface area (Å²) in [5, 5.41) is 9.86. The van der Waals surface area contributed by atoms with Crippen LogP contribution < -0.4 is 4.74 Å². The van der Waals surface area contributed by atoms with Crippen molar-refractivity contribution in [3.05, 3.63) is 35.9 Å². The Labute approximate surface area is 93.3 Å². The van der Waals surface area contributed by atoms with Crippen LogP contribution in [-0.2, 0) is 0 Å². The molecule has 0 radical (unpaired) electrons. The smallest absolute Gasteiger partial charge is 0.233 e. The van der Waals surface area contributed by atoms with Crippen LogP contribution in [0.3, 0.4) is 0 Å². The van der Waals surface area contributed by atoms with Crippen molar-refractivity contribution in [3.63, 3.8) is 0 Å². The van der Waals surface area contributed by atoms with Gasteiger partial charge in [-0.3, -0.25) is 0 Å². The van der Waals surface area contributed by atoms with Crippen LogP contribution in [0, 0.1) is 23.7 Å². The quantitative estimate of drug-likeness (QED) is 0.710. The number of terminal acetylenes is 1. The van der Waals surface area contributed by atoms with E-state index in [0.717, 1.165) is 10.9 Å². The number of para-hydroxylation sites is 1. The summed E-state index contributed by atoms with van der Waals surface area (Å²) >= 11 is 0. The van der Waals surface area contributed by atoms with Crippen LogP contribution >= 0.6 is 0 Å². The van der Waals surface area contributed by atoms with Crippen LogP contribution in [0.4, 0.5) is 0 Å². The third-order valence-corrected chi connectivity index (χ3v) is 2.10. The molecule has 1 aromatic carbocycles. The summed E-state index contributed by atoms with van der Waals surface area (Å²) in [7, 11) is 0. The lowest BCUT2D eigenvalue weighted by atomic mass is 10.1. The number of benzene rings is 1. The van der Waals surface area contributed by atoms with Crippen molar-refractivity contribution in [3.8, 4) is 24.3 Å². The second-order valence-corrected chi connectivity index (χ2v) is 3.14. The number of nitrogens with zero attached hydrogens (tertiary/aromatic N) is 2. The summed E-state index contributed by atoms with van der Waals surface area (Å²) in [5.41, 5.74) is 1.18. The molecule has 0 atom stereocenters. The number of rotatable bonds is 2. The number of aromatic nitrogens is 1. The van der Waals surface area contributed by atoms with E-state index in [2.05, 4.69) is 10.9 Å². The largest absolute Gasteiger partial charge is 0.464 e. The summed E-state index contributed by atoms with van der Waals surface area (Å²) in [4.78, 5) is 4.24. The Balaban J connectivity index is 2.56. The van der Waals surface area contributed by atoms with Gasteiger partial charge in [-0.1, -0.05) is 24.1 Å². The summed E-state index contributed by atoms with van der Waals surface area (Å²) in [6.07, 6.45) is 5.09. The highest BCUT2D eigenvalue weighted by Gasteiger charge is 2.06. The van der Waals surface area contributed by atoms with Crippen molar-refractivity contribution in [2.24, 2.45) is 0 Å². The molecule has 1 aromatic heterocycles. The predicted octanol–water partition coefficient (Wildman–Crippen LogP) is 2.12. The molecule has 3 heteroatoms. The second kappa shape index (κ2) is 4.33. The van der Waals surface area contributed by atoms with Crippen LogP contribution in [0.1, 0.15) is 5.56 Å². The lowest BCUT2D eigenvalue weighted by molar-refractivity contribution is 0.356. The molecule has 76 valence electrons. The van der Waals surface area contributed by atoms with Crippen molar-refractivity contribution in [2.75, 3.05) is 6.61 Å². The SMILES string of the molecule is C#CCOc1nc2ccccc2cc1C#N. The van der Waals surface area contributed by atoms with Gasteiger partial charge in [-0.2, -0.15) is 5.26 Å². The Bertz CT molecular complexity index is 605. The van der Waals surface area contributed by atoms with Gasteiger partial charge in [0.15, 0.2) is 6.61 Å². The third-order valence-electron chi connectivity index (χ3n) is 2.10. The summed E-state index contributed by atoms with van der Waals surface area (Å²) in [5.74, 6) is 2.63. The minimum absolute atomic E-state index is 0.111. The highest BCUT2D eigenvalue weighted by atomic mass is 16.5. The van der Waals surface area contributed by atoms with E-state index >= 15 is 0 Å². The first-order valence-electron chi connectivity index (χ1n) is 4.71. The average Bonchev–Trinajstić information content (AvgIpc) is 2.35. The first kappa shape index (κ1) is 10.0. The molecule has 2 aromatic rings. The van der Waals surface area contributed by atoms with Gasteiger partial charge in [0.2, 0.25) is 5.88 Å². The highest BCUT2D eigenvalue weighted by molar-refractivity contribution is 5.80. The molecule has 0 N–H and O–H groups in total. The van der Waals surface area contributed by atoms with Gasteiger partial charge in [-0.05, 0) is 12.1 Å². The van der Waals surface area contributed by atoms with Crippen molar-refractivity contribution in [1.82, 2.24) is 4.98 Å². The highest BCUT2D eigenvalue weighted by Crippen LogP contribution is 2.21. The van der Waals surface area contributed by atoms with Crippen LogP contribution in [0.25, 0.3) is 10.9 Å². The van der Waals surface area contributed by atoms with Crippen molar-refractivity contribution < 1.29 is 4.74 Å². The first-order chi connectivity index (χ1) is 7.85. The lowest BCUT2D eigenvalue weighted by Gasteiger charge is -2.05. The molecule has 2 rings (SSSR count). The molecular weight excluding hydrogens is 200 g/mol. The van der Waals surface area contributed by atoms with Gasteiger partial charge in [0.1, 0.15) is 11.6 Å². The predicted molar refractivity (Wildman–Crippen MR) is 60.8 cm³/mol. The maximum atomic E-state index is 8.96. The average molecular weight is 208 g/mol. The summed E-state index contributed by atoms with van der Waals surface area (Å²) in [6.45, 7) is 0.111. The molecule has 16 heavy (non-hydrogen) atoms. The Morgan fingerprint density at radius 3 is 2.94 bits per heavy atom. The number of ether oxygens (including phenoxy) is 1. The van der Waals surface area contributed by atoms with E-state index in [1.165, 1.54) is 0 Å². The molecule has 0 fully saturated rings. The molecule has 0 unspecified atom stereocenters. The van der Waals surface area contributed by atoms with Crippen molar-refractivity contribution >= 4 is 10.9 Å². The van der Waals surface area contributed by atoms with Gasteiger partial charge in [0, 0.05) is 5.39 Å². The fraction of sp³-hybridized carbons (Fsp3) is 0.0769. The van der Waals surface area contributed by atoms with E-state index in [1.54, 1.807) is 6.07 Å². The van der Waals surface area contributed by atoms with Crippen LogP contribution in [0.15, 0.2) is 30.3 Å². The summed E-state index contributed by atoms with van der Waals surface area (Å²) < 4.78 is 5.22. The van der Waals surface area contributed by atoms with Gasteiger partial charge in [0.05, 0.1) is 5.52 Å². The molecule has 0 spiro atoms. The zero-order valence-electron chi connectivity index (χ0n) is 8.47. The fourth-order valence-electron chi connectivity index (χ4n) is 1.40. The molecule has 3 nitrogen and oxygen atoms in total. The molecule has 0 aliphatic heterocycles. The van der Waals surface area contributed by atoms with Crippen LogP contribution in [-0.4, -0.2) is 11.6 Å². The standard InChI is InChI=1S/C13H8N2O/c1-2-7-16-13-11(9-14)8-10-5-3-4-6-12(10)15-13/h1,3-6,8H,7H2. The van der Waals surface area contributed by atoms with Gasteiger partial charge in [-0.15, -0.1) is 6.42 Å². The molecule has 0 aliphatic rings. The van der Waals surface area contributed by atoms with Gasteiger partial charge in [-0.25, -0.2) is 4.98 Å². The van der Waals surface area contributed by atoms with Crippen LogP contribution in [0.5, 0.6) is 5.88 Å². The minimum Gasteiger partial charge on any atom is -0.464 e. The molecule has 0 aliphatic carbocycles. The Morgan fingerprint density at radius 1 is 1.38 bits per heavy atom. The topological polar surface area (TPSA) is 45.9 Å². The molecule has 0 saturated carbocycles. The van der Waals surface area contributed by atoms with E-state index < -0.39 is 0 Å². The van der Waals surface area contributed by atoms with Gasteiger partial charge in [0.25, 0.3) is 0 Å². The molecule has 1 heterocycles. The number of hydrogen-bond donors (Lipinski definition) is 0. The molecule has 0 amide bonds. The van der Waals surface area contributed by atoms with Crippen molar-refractivity contribution in [1.29, 1.82) is 5.26 Å². The minimum atomic E-state index is 0.111. The van der Waals surface area contributed by atoms with Gasteiger partial charge < -0.3 is 4.74 Å². The number of hydrogen-bond acceptors (Lipinski definition) is 3. The zero-order chi connectivity index (χ0) is 11.4. The zero-order valence-corrected chi connectivity index (χ0v) is 8.47. The Morgan fingerprint density at radius 2 is 2.19 bits per heavy atom.